The first-order chi connectivity index (χ1) is 10.7. The summed E-state index contributed by atoms with van der Waals surface area (Å²) in [6.45, 7) is 5.90. The molecule has 1 unspecified atom stereocenters. The van der Waals surface area contributed by atoms with Gasteiger partial charge >= 0.3 is 12.1 Å². The number of carboxylic acid groups (broad SMARTS) is 1. The molecule has 2 atom stereocenters. The van der Waals surface area contributed by atoms with E-state index in [4.69, 9.17) is 16.3 Å². The van der Waals surface area contributed by atoms with Gasteiger partial charge in [0.1, 0.15) is 11.5 Å². The maximum atomic E-state index is 12.4. The van der Waals surface area contributed by atoms with Crippen molar-refractivity contribution in [1.29, 1.82) is 0 Å². The maximum absolute atomic E-state index is 12.4. The standard InChI is InChI=1S/C17H22ClNO4/c1-17(2,3)23-16(22)19-10-4-5-13(19)14(15(20)21)11-6-8-12(18)9-7-11/h6-9,13-14H,4-5,10H2,1-3H3,(H,20,21)/t13-,14?/m1/s1. The van der Waals surface area contributed by atoms with Crippen LogP contribution in [0.3, 0.4) is 0 Å². The highest BCUT2D eigenvalue weighted by molar-refractivity contribution is 6.30. The van der Waals surface area contributed by atoms with Crippen LogP contribution in [-0.2, 0) is 9.53 Å². The Morgan fingerprint density at radius 2 is 1.91 bits per heavy atom. The summed E-state index contributed by atoms with van der Waals surface area (Å²) in [5, 5.41) is 10.2. The van der Waals surface area contributed by atoms with Crippen LogP contribution in [0.2, 0.25) is 5.02 Å². The van der Waals surface area contributed by atoms with Crippen LogP contribution >= 0.6 is 11.6 Å². The number of halogens is 1. The number of ether oxygens (including phenoxy) is 1. The van der Waals surface area contributed by atoms with E-state index >= 15 is 0 Å². The van der Waals surface area contributed by atoms with Crippen molar-refractivity contribution in [2.75, 3.05) is 6.54 Å². The smallest absolute Gasteiger partial charge is 0.410 e. The highest BCUT2D eigenvalue weighted by atomic mass is 35.5. The molecule has 1 aromatic rings. The molecule has 1 fully saturated rings. The van der Waals surface area contributed by atoms with E-state index in [9.17, 15) is 14.7 Å². The zero-order chi connectivity index (χ0) is 17.2. The lowest BCUT2D eigenvalue weighted by molar-refractivity contribution is -0.140. The van der Waals surface area contributed by atoms with Crippen LogP contribution in [0, 0.1) is 0 Å². The number of carbonyl (C=O) groups is 2. The molecule has 1 aliphatic heterocycles. The minimum atomic E-state index is -0.951. The van der Waals surface area contributed by atoms with E-state index in [2.05, 4.69) is 0 Å². The molecule has 6 heteroatoms. The second kappa shape index (κ2) is 6.79. The molecule has 1 N–H and O–H groups in total. The van der Waals surface area contributed by atoms with Gasteiger partial charge in [-0.1, -0.05) is 23.7 Å². The molecular weight excluding hydrogens is 318 g/mol. The van der Waals surface area contributed by atoms with Gasteiger partial charge in [0.25, 0.3) is 0 Å². The van der Waals surface area contributed by atoms with Gasteiger partial charge in [-0.3, -0.25) is 4.79 Å². The van der Waals surface area contributed by atoms with Gasteiger partial charge in [0.05, 0.1) is 6.04 Å². The minimum absolute atomic E-state index is 0.413. The Bertz CT molecular complexity index is 579. The fourth-order valence-corrected chi connectivity index (χ4v) is 3.01. The van der Waals surface area contributed by atoms with Gasteiger partial charge in [-0.15, -0.1) is 0 Å². The third-order valence-corrected chi connectivity index (χ3v) is 4.06. The Morgan fingerprint density at radius 3 is 2.43 bits per heavy atom. The molecule has 0 bridgehead atoms. The molecule has 1 amide bonds. The number of nitrogens with zero attached hydrogens (tertiary/aromatic N) is 1. The number of hydrogen-bond donors (Lipinski definition) is 1. The summed E-state index contributed by atoms with van der Waals surface area (Å²) in [5.74, 6) is -1.74. The molecule has 0 saturated carbocycles. The number of amides is 1. The summed E-state index contributed by atoms with van der Waals surface area (Å²) in [4.78, 5) is 25.7. The summed E-state index contributed by atoms with van der Waals surface area (Å²) < 4.78 is 5.41. The molecule has 0 aromatic heterocycles. The average Bonchev–Trinajstić information content (AvgIpc) is 2.88. The Balaban J connectivity index is 2.26. The Kier molecular flexibility index (Phi) is 5.19. The van der Waals surface area contributed by atoms with Gasteiger partial charge < -0.3 is 14.7 Å². The number of carbonyl (C=O) groups excluding carboxylic acids is 1. The maximum Gasteiger partial charge on any atom is 0.410 e. The predicted octanol–water partition coefficient (Wildman–Crippen LogP) is 3.91. The van der Waals surface area contributed by atoms with Crippen LogP contribution in [-0.4, -0.2) is 40.3 Å². The lowest BCUT2D eigenvalue weighted by atomic mass is 9.90. The van der Waals surface area contributed by atoms with Crippen LogP contribution in [0.25, 0.3) is 0 Å². The Morgan fingerprint density at radius 1 is 1.30 bits per heavy atom. The largest absolute Gasteiger partial charge is 0.481 e. The predicted molar refractivity (Wildman–Crippen MR) is 87.8 cm³/mol. The highest BCUT2D eigenvalue weighted by Gasteiger charge is 2.40. The molecule has 0 spiro atoms. The van der Waals surface area contributed by atoms with Crippen molar-refractivity contribution in [1.82, 2.24) is 4.90 Å². The summed E-state index contributed by atoms with van der Waals surface area (Å²) >= 11 is 5.88. The molecule has 0 aliphatic carbocycles. The van der Waals surface area contributed by atoms with Crippen molar-refractivity contribution in [2.24, 2.45) is 0 Å². The number of carboxylic acids is 1. The van der Waals surface area contributed by atoms with Crippen molar-refractivity contribution < 1.29 is 19.4 Å². The van der Waals surface area contributed by atoms with Crippen molar-refractivity contribution in [3.05, 3.63) is 34.9 Å². The molecule has 1 aliphatic rings. The first kappa shape index (κ1) is 17.6. The number of benzene rings is 1. The lowest BCUT2D eigenvalue weighted by Crippen LogP contribution is -2.44. The molecule has 5 nitrogen and oxygen atoms in total. The summed E-state index contributed by atoms with van der Waals surface area (Å²) in [7, 11) is 0. The van der Waals surface area contributed by atoms with Crippen LogP contribution in [0.15, 0.2) is 24.3 Å². The van der Waals surface area contributed by atoms with Crippen molar-refractivity contribution in [2.45, 2.75) is 51.2 Å². The quantitative estimate of drug-likeness (QED) is 0.906. The van der Waals surface area contributed by atoms with Crippen LogP contribution in [0.4, 0.5) is 4.79 Å². The lowest BCUT2D eigenvalue weighted by Gasteiger charge is -2.31. The fourth-order valence-electron chi connectivity index (χ4n) is 2.89. The molecule has 1 saturated heterocycles. The number of rotatable bonds is 3. The molecule has 23 heavy (non-hydrogen) atoms. The monoisotopic (exact) mass is 339 g/mol. The van der Waals surface area contributed by atoms with E-state index in [1.165, 1.54) is 0 Å². The molecule has 0 radical (unpaired) electrons. The third-order valence-electron chi connectivity index (χ3n) is 3.81. The van der Waals surface area contributed by atoms with Gasteiger partial charge in [0.2, 0.25) is 0 Å². The zero-order valence-corrected chi connectivity index (χ0v) is 14.3. The first-order valence-corrected chi connectivity index (χ1v) is 8.05. The van der Waals surface area contributed by atoms with Gasteiger partial charge in [-0.2, -0.15) is 0 Å². The van der Waals surface area contributed by atoms with E-state index in [1.54, 1.807) is 49.9 Å². The first-order valence-electron chi connectivity index (χ1n) is 7.67. The van der Waals surface area contributed by atoms with E-state index in [0.29, 0.717) is 23.6 Å². The molecule has 1 heterocycles. The third kappa shape index (κ3) is 4.38. The second-order valence-corrected chi connectivity index (χ2v) is 7.19. The minimum Gasteiger partial charge on any atom is -0.481 e. The second-order valence-electron chi connectivity index (χ2n) is 6.75. The Hall–Kier alpha value is -1.75. The van der Waals surface area contributed by atoms with Gasteiger partial charge in [0, 0.05) is 11.6 Å². The molecule has 1 aromatic carbocycles. The van der Waals surface area contributed by atoms with Crippen LogP contribution in [0.1, 0.15) is 45.1 Å². The van der Waals surface area contributed by atoms with Crippen LogP contribution < -0.4 is 0 Å². The summed E-state index contributed by atoms with van der Waals surface area (Å²) in [6, 6.07) is 6.32. The van der Waals surface area contributed by atoms with E-state index in [0.717, 1.165) is 6.42 Å². The molecule has 126 valence electrons. The zero-order valence-electron chi connectivity index (χ0n) is 13.6. The topological polar surface area (TPSA) is 66.8 Å². The van der Waals surface area contributed by atoms with Crippen molar-refractivity contribution in [3.8, 4) is 0 Å². The number of likely N-dealkylation sites (tertiary alicyclic amines) is 1. The molecule has 2 rings (SSSR count). The summed E-state index contributed by atoms with van der Waals surface area (Å²) in [5.41, 5.74) is 0.0332. The van der Waals surface area contributed by atoms with E-state index in [1.807, 2.05) is 0 Å². The van der Waals surface area contributed by atoms with Crippen molar-refractivity contribution >= 4 is 23.7 Å². The van der Waals surface area contributed by atoms with Crippen molar-refractivity contribution in [3.63, 3.8) is 0 Å². The average molecular weight is 340 g/mol. The van der Waals surface area contributed by atoms with E-state index < -0.39 is 29.6 Å². The number of aliphatic carboxylic acids is 1. The van der Waals surface area contributed by atoms with Gasteiger partial charge in [-0.25, -0.2) is 4.79 Å². The fraction of sp³-hybridized carbons (Fsp3) is 0.529. The number of hydrogen-bond acceptors (Lipinski definition) is 3. The van der Waals surface area contributed by atoms with Gasteiger partial charge in [0.15, 0.2) is 0 Å². The SMILES string of the molecule is CC(C)(C)OC(=O)N1CCC[C@@H]1C(C(=O)O)c1ccc(Cl)cc1. The molecular formula is C17H22ClNO4. The Labute approximate surface area is 141 Å². The normalized spacial score (nSPS) is 19.5. The van der Waals surface area contributed by atoms with Gasteiger partial charge in [-0.05, 0) is 51.3 Å². The summed E-state index contributed by atoms with van der Waals surface area (Å²) in [6.07, 6.45) is 0.945. The van der Waals surface area contributed by atoms with E-state index in [-0.39, 0.29) is 0 Å². The highest BCUT2D eigenvalue weighted by Crippen LogP contribution is 2.33. The van der Waals surface area contributed by atoms with Crippen LogP contribution in [0.5, 0.6) is 0 Å².